The summed E-state index contributed by atoms with van der Waals surface area (Å²) in [6, 6.07) is 2.16. The van der Waals surface area contributed by atoms with Crippen LogP contribution in [0.5, 0.6) is 5.75 Å². The fourth-order valence-electron chi connectivity index (χ4n) is 3.03. The predicted octanol–water partition coefficient (Wildman–Crippen LogP) is 1.60. The number of nitrogens with zero attached hydrogens (tertiary/aromatic N) is 1. The predicted molar refractivity (Wildman–Crippen MR) is 75.8 cm³/mol. The van der Waals surface area contributed by atoms with Crippen LogP contribution in [0.1, 0.15) is 36.9 Å². The summed E-state index contributed by atoms with van der Waals surface area (Å²) in [5.41, 5.74) is 1.88. The Morgan fingerprint density at radius 2 is 2.10 bits per heavy atom. The largest absolute Gasteiger partial charge is 0.445 e. The number of pyridine rings is 1. The standard InChI is InChI=1S/C15H22N2O3/c1-9-8-13(14(18)17(3)10(9)2)20-15-16-11-6-4-5-7-12(11)19-15/h8,11-12,15-16H,4-7H2,1-3H3. The van der Waals surface area contributed by atoms with Gasteiger partial charge in [-0.05, 0) is 38.3 Å². The average molecular weight is 278 g/mol. The molecule has 3 unspecified atom stereocenters. The fraction of sp³-hybridized carbons (Fsp3) is 0.667. The normalized spacial score (nSPS) is 29.2. The molecule has 0 radical (unpaired) electrons. The van der Waals surface area contributed by atoms with Crippen molar-refractivity contribution in [1.82, 2.24) is 9.88 Å². The van der Waals surface area contributed by atoms with E-state index in [4.69, 9.17) is 9.47 Å². The number of hydrogen-bond donors (Lipinski definition) is 1. The van der Waals surface area contributed by atoms with Crippen LogP contribution in [0.3, 0.4) is 0 Å². The minimum absolute atomic E-state index is 0.117. The van der Waals surface area contributed by atoms with Gasteiger partial charge >= 0.3 is 0 Å². The minimum atomic E-state index is -0.502. The molecule has 1 N–H and O–H groups in total. The number of ether oxygens (including phenoxy) is 2. The third-order valence-corrected chi connectivity index (χ3v) is 4.52. The molecule has 5 heteroatoms. The summed E-state index contributed by atoms with van der Waals surface area (Å²) in [6.45, 7) is 3.91. The highest BCUT2D eigenvalue weighted by atomic mass is 16.7. The van der Waals surface area contributed by atoms with Crippen molar-refractivity contribution in [1.29, 1.82) is 0 Å². The van der Waals surface area contributed by atoms with E-state index in [1.54, 1.807) is 17.7 Å². The summed E-state index contributed by atoms with van der Waals surface area (Å²) >= 11 is 0. The van der Waals surface area contributed by atoms with Gasteiger partial charge in [-0.15, -0.1) is 0 Å². The number of fused-ring (bicyclic) bond motifs is 1. The Hall–Kier alpha value is -1.33. The van der Waals surface area contributed by atoms with Crippen molar-refractivity contribution in [2.75, 3.05) is 0 Å². The van der Waals surface area contributed by atoms with E-state index >= 15 is 0 Å². The molecule has 1 aliphatic heterocycles. The SMILES string of the molecule is Cc1cc(OC2NC3CCCCC3O2)c(=O)n(C)c1C. The van der Waals surface area contributed by atoms with Gasteiger partial charge in [-0.25, -0.2) is 0 Å². The van der Waals surface area contributed by atoms with Crippen LogP contribution in [0.25, 0.3) is 0 Å². The highest BCUT2D eigenvalue weighted by Crippen LogP contribution is 2.27. The molecule has 2 fully saturated rings. The summed E-state index contributed by atoms with van der Waals surface area (Å²) in [5, 5.41) is 3.33. The molecule has 0 aromatic carbocycles. The van der Waals surface area contributed by atoms with Crippen molar-refractivity contribution in [2.24, 2.45) is 7.05 Å². The van der Waals surface area contributed by atoms with Gasteiger partial charge in [0, 0.05) is 18.8 Å². The van der Waals surface area contributed by atoms with Gasteiger partial charge in [-0.2, -0.15) is 0 Å². The zero-order chi connectivity index (χ0) is 14.3. The zero-order valence-electron chi connectivity index (χ0n) is 12.3. The lowest BCUT2D eigenvalue weighted by molar-refractivity contribution is -0.0865. The lowest BCUT2D eigenvalue weighted by atomic mass is 9.93. The van der Waals surface area contributed by atoms with Crippen LogP contribution in [0.4, 0.5) is 0 Å². The molecule has 3 atom stereocenters. The van der Waals surface area contributed by atoms with Gasteiger partial charge < -0.3 is 14.0 Å². The molecule has 1 aliphatic carbocycles. The van der Waals surface area contributed by atoms with E-state index in [9.17, 15) is 4.79 Å². The number of hydrogen-bond acceptors (Lipinski definition) is 4. The summed E-state index contributed by atoms with van der Waals surface area (Å²) in [7, 11) is 1.76. The van der Waals surface area contributed by atoms with Crippen LogP contribution in [-0.2, 0) is 11.8 Å². The van der Waals surface area contributed by atoms with Crippen LogP contribution in [-0.4, -0.2) is 23.1 Å². The maximum Gasteiger partial charge on any atom is 0.293 e. The van der Waals surface area contributed by atoms with Gasteiger partial charge in [0.2, 0.25) is 0 Å². The summed E-state index contributed by atoms with van der Waals surface area (Å²) in [5.74, 6) is 0.353. The Labute approximate surface area is 118 Å². The second-order valence-corrected chi connectivity index (χ2v) is 5.82. The van der Waals surface area contributed by atoms with Crippen molar-refractivity contribution in [3.05, 3.63) is 27.7 Å². The first-order valence-corrected chi connectivity index (χ1v) is 7.31. The number of aryl methyl sites for hydroxylation is 1. The minimum Gasteiger partial charge on any atom is -0.445 e. The molecule has 110 valence electrons. The first kappa shape index (κ1) is 13.6. The van der Waals surface area contributed by atoms with E-state index in [2.05, 4.69) is 5.32 Å². The highest BCUT2D eigenvalue weighted by Gasteiger charge is 2.37. The highest BCUT2D eigenvalue weighted by molar-refractivity contribution is 5.29. The van der Waals surface area contributed by atoms with Crippen LogP contribution in [0.15, 0.2) is 10.9 Å². The summed E-state index contributed by atoms with van der Waals surface area (Å²) < 4.78 is 13.2. The molecule has 1 aromatic rings. The Balaban J connectivity index is 1.77. The van der Waals surface area contributed by atoms with E-state index in [-0.39, 0.29) is 11.7 Å². The van der Waals surface area contributed by atoms with Crippen LogP contribution in [0, 0.1) is 13.8 Å². The molecular weight excluding hydrogens is 256 g/mol. The van der Waals surface area contributed by atoms with Gasteiger partial charge in [0.15, 0.2) is 5.75 Å². The summed E-state index contributed by atoms with van der Waals surface area (Å²) in [4.78, 5) is 12.2. The van der Waals surface area contributed by atoms with E-state index in [0.29, 0.717) is 11.8 Å². The van der Waals surface area contributed by atoms with Crippen LogP contribution >= 0.6 is 0 Å². The third kappa shape index (κ3) is 2.36. The topological polar surface area (TPSA) is 52.5 Å². The van der Waals surface area contributed by atoms with Crippen molar-refractivity contribution in [3.63, 3.8) is 0 Å². The summed E-state index contributed by atoms with van der Waals surface area (Å²) in [6.07, 6.45) is 4.36. The second kappa shape index (κ2) is 5.22. The number of nitrogens with one attached hydrogen (secondary N) is 1. The van der Waals surface area contributed by atoms with Crippen LogP contribution < -0.4 is 15.6 Å². The third-order valence-electron chi connectivity index (χ3n) is 4.52. The van der Waals surface area contributed by atoms with Gasteiger partial charge in [0.1, 0.15) is 0 Å². The monoisotopic (exact) mass is 278 g/mol. The molecule has 1 saturated heterocycles. The molecular formula is C15H22N2O3. The van der Waals surface area contributed by atoms with E-state index in [0.717, 1.165) is 24.1 Å². The quantitative estimate of drug-likeness (QED) is 0.892. The smallest absolute Gasteiger partial charge is 0.293 e. The Kier molecular flexibility index (Phi) is 3.56. The van der Waals surface area contributed by atoms with Gasteiger partial charge in [-0.1, -0.05) is 12.8 Å². The lowest BCUT2D eigenvalue weighted by Crippen LogP contribution is -2.38. The molecule has 20 heavy (non-hydrogen) atoms. The lowest BCUT2D eigenvalue weighted by Gasteiger charge is -2.21. The molecule has 3 rings (SSSR count). The van der Waals surface area contributed by atoms with Crippen molar-refractivity contribution in [3.8, 4) is 5.75 Å². The van der Waals surface area contributed by atoms with Gasteiger partial charge in [0.25, 0.3) is 12.0 Å². The zero-order valence-corrected chi connectivity index (χ0v) is 12.3. The Bertz CT molecular complexity index is 553. The van der Waals surface area contributed by atoms with Crippen molar-refractivity contribution in [2.45, 2.75) is 58.1 Å². The van der Waals surface area contributed by atoms with Crippen LogP contribution in [0.2, 0.25) is 0 Å². The van der Waals surface area contributed by atoms with Gasteiger partial charge in [0.05, 0.1) is 6.10 Å². The first-order valence-electron chi connectivity index (χ1n) is 7.31. The average Bonchev–Trinajstić information content (AvgIpc) is 2.84. The first-order chi connectivity index (χ1) is 9.56. The van der Waals surface area contributed by atoms with Gasteiger partial charge in [-0.3, -0.25) is 10.1 Å². The maximum atomic E-state index is 12.2. The van der Waals surface area contributed by atoms with E-state index in [1.807, 2.05) is 13.8 Å². The Morgan fingerprint density at radius 1 is 1.35 bits per heavy atom. The van der Waals surface area contributed by atoms with E-state index in [1.165, 1.54) is 12.8 Å². The Morgan fingerprint density at radius 3 is 2.85 bits per heavy atom. The number of rotatable bonds is 2. The molecule has 2 aliphatic rings. The molecule has 2 heterocycles. The van der Waals surface area contributed by atoms with Crippen molar-refractivity contribution < 1.29 is 9.47 Å². The maximum absolute atomic E-state index is 12.2. The number of aromatic nitrogens is 1. The van der Waals surface area contributed by atoms with E-state index < -0.39 is 6.41 Å². The molecule has 5 nitrogen and oxygen atoms in total. The fourth-order valence-corrected chi connectivity index (χ4v) is 3.03. The molecule has 0 spiro atoms. The second-order valence-electron chi connectivity index (χ2n) is 5.82. The molecule has 0 amide bonds. The van der Waals surface area contributed by atoms with Crippen molar-refractivity contribution >= 4 is 0 Å². The molecule has 1 aromatic heterocycles. The molecule has 0 bridgehead atoms. The molecule has 1 saturated carbocycles.